The third-order valence-electron chi connectivity index (χ3n) is 2.91. The Bertz CT molecular complexity index is 523. The van der Waals surface area contributed by atoms with Crippen LogP contribution < -0.4 is 5.32 Å². The number of nitrogens with one attached hydrogen (secondary N) is 1. The smallest absolute Gasteiger partial charge is 0.129 e. The topological polar surface area (TPSA) is 29.9 Å². The summed E-state index contributed by atoms with van der Waals surface area (Å²) in [6.07, 6.45) is 3.81. The first-order chi connectivity index (χ1) is 8.60. The van der Waals surface area contributed by atoms with Crippen molar-refractivity contribution in [3.05, 3.63) is 52.9 Å². The fraction of sp³-hybridized carbons (Fsp3) is 0.357. The fourth-order valence-electron chi connectivity index (χ4n) is 2.10. The summed E-state index contributed by atoms with van der Waals surface area (Å²) in [5, 5.41) is 3.06. The zero-order valence-electron chi connectivity index (χ0n) is 11.0. The van der Waals surface area contributed by atoms with Crippen molar-refractivity contribution in [3.8, 4) is 0 Å². The van der Waals surface area contributed by atoms with Crippen LogP contribution in [-0.2, 0) is 13.1 Å². The van der Waals surface area contributed by atoms with Gasteiger partial charge in [-0.2, -0.15) is 0 Å². The molecule has 3 nitrogen and oxygen atoms in total. The molecule has 0 spiro atoms. The van der Waals surface area contributed by atoms with E-state index in [1.807, 2.05) is 29.9 Å². The molecular formula is C14H18FN3. The standard InChI is InChI=1S/C14H18FN3/c1-10-4-12(5-11(2)14(10)15)7-18-8-13(6-16-3)17-9-18/h4-5,8-9,16H,6-7H2,1-3H3. The van der Waals surface area contributed by atoms with Gasteiger partial charge in [0.2, 0.25) is 0 Å². The molecule has 0 saturated heterocycles. The monoisotopic (exact) mass is 247 g/mol. The second kappa shape index (κ2) is 5.31. The number of nitrogens with zero attached hydrogens (tertiary/aromatic N) is 2. The Morgan fingerprint density at radius 1 is 1.28 bits per heavy atom. The molecule has 18 heavy (non-hydrogen) atoms. The third kappa shape index (κ3) is 2.76. The largest absolute Gasteiger partial charge is 0.333 e. The summed E-state index contributed by atoms with van der Waals surface area (Å²) >= 11 is 0. The van der Waals surface area contributed by atoms with E-state index >= 15 is 0 Å². The number of hydrogen-bond donors (Lipinski definition) is 1. The maximum atomic E-state index is 13.5. The second-order valence-electron chi connectivity index (χ2n) is 4.61. The molecule has 2 aromatic rings. The zero-order chi connectivity index (χ0) is 13.1. The molecule has 0 radical (unpaired) electrons. The summed E-state index contributed by atoms with van der Waals surface area (Å²) in [6.45, 7) is 5.07. The Morgan fingerprint density at radius 3 is 2.56 bits per heavy atom. The summed E-state index contributed by atoms with van der Waals surface area (Å²) in [6, 6.07) is 3.78. The SMILES string of the molecule is CNCc1cn(Cc2cc(C)c(F)c(C)c2)cn1. The van der Waals surface area contributed by atoms with Gasteiger partial charge in [0.1, 0.15) is 5.82 Å². The molecule has 0 aliphatic carbocycles. The van der Waals surface area contributed by atoms with Gasteiger partial charge in [-0.3, -0.25) is 0 Å². The first-order valence-corrected chi connectivity index (χ1v) is 6.01. The lowest BCUT2D eigenvalue weighted by Gasteiger charge is -2.07. The zero-order valence-corrected chi connectivity index (χ0v) is 11.0. The predicted molar refractivity (Wildman–Crippen MR) is 70.0 cm³/mol. The summed E-state index contributed by atoms with van der Waals surface area (Å²) in [4.78, 5) is 4.29. The van der Waals surface area contributed by atoms with Gasteiger partial charge in [-0.25, -0.2) is 9.37 Å². The molecule has 1 aromatic heterocycles. The van der Waals surface area contributed by atoms with Gasteiger partial charge in [0.25, 0.3) is 0 Å². The van der Waals surface area contributed by atoms with E-state index in [0.717, 1.165) is 24.3 Å². The molecule has 2 rings (SSSR count). The number of rotatable bonds is 4. The number of aryl methyl sites for hydroxylation is 2. The first kappa shape index (κ1) is 12.8. The lowest BCUT2D eigenvalue weighted by Crippen LogP contribution is -2.05. The minimum absolute atomic E-state index is 0.111. The van der Waals surface area contributed by atoms with Crippen molar-refractivity contribution in [1.82, 2.24) is 14.9 Å². The average molecular weight is 247 g/mol. The summed E-state index contributed by atoms with van der Waals surface area (Å²) < 4.78 is 15.5. The van der Waals surface area contributed by atoms with E-state index in [-0.39, 0.29) is 5.82 Å². The average Bonchev–Trinajstić information content (AvgIpc) is 2.74. The first-order valence-electron chi connectivity index (χ1n) is 6.01. The van der Waals surface area contributed by atoms with Crippen molar-refractivity contribution < 1.29 is 4.39 Å². The summed E-state index contributed by atoms with van der Waals surface area (Å²) in [7, 11) is 1.89. The van der Waals surface area contributed by atoms with E-state index in [4.69, 9.17) is 0 Å². The van der Waals surface area contributed by atoms with Crippen LogP contribution in [0.4, 0.5) is 4.39 Å². The van der Waals surface area contributed by atoms with E-state index in [2.05, 4.69) is 10.3 Å². The summed E-state index contributed by atoms with van der Waals surface area (Å²) in [5.74, 6) is -0.111. The van der Waals surface area contributed by atoms with Crippen LogP contribution in [0.3, 0.4) is 0 Å². The van der Waals surface area contributed by atoms with E-state index < -0.39 is 0 Å². The quantitative estimate of drug-likeness (QED) is 0.899. The minimum atomic E-state index is -0.111. The minimum Gasteiger partial charge on any atom is -0.333 e. The second-order valence-corrected chi connectivity index (χ2v) is 4.61. The van der Waals surface area contributed by atoms with Gasteiger partial charge in [-0.1, -0.05) is 12.1 Å². The molecule has 4 heteroatoms. The number of halogens is 1. The molecule has 0 aliphatic heterocycles. The fourth-order valence-corrected chi connectivity index (χ4v) is 2.10. The highest BCUT2D eigenvalue weighted by atomic mass is 19.1. The Morgan fingerprint density at radius 2 is 1.94 bits per heavy atom. The van der Waals surface area contributed by atoms with Crippen molar-refractivity contribution in [1.29, 1.82) is 0 Å². The van der Waals surface area contributed by atoms with Crippen LogP contribution in [0.25, 0.3) is 0 Å². The van der Waals surface area contributed by atoms with Gasteiger partial charge in [0.05, 0.1) is 12.0 Å². The number of aromatic nitrogens is 2. The van der Waals surface area contributed by atoms with E-state index in [1.54, 1.807) is 20.2 Å². The van der Waals surface area contributed by atoms with Gasteiger partial charge in [0.15, 0.2) is 0 Å². The van der Waals surface area contributed by atoms with Crippen LogP contribution in [0.5, 0.6) is 0 Å². The molecule has 1 aromatic carbocycles. The van der Waals surface area contributed by atoms with Crippen molar-refractivity contribution in [2.75, 3.05) is 7.05 Å². The molecule has 0 amide bonds. The van der Waals surface area contributed by atoms with Crippen LogP contribution in [0.2, 0.25) is 0 Å². The highest BCUT2D eigenvalue weighted by molar-refractivity contribution is 5.30. The lowest BCUT2D eigenvalue weighted by molar-refractivity contribution is 0.607. The van der Waals surface area contributed by atoms with Gasteiger partial charge in [-0.15, -0.1) is 0 Å². The Labute approximate surface area is 107 Å². The van der Waals surface area contributed by atoms with Crippen molar-refractivity contribution in [3.63, 3.8) is 0 Å². The highest BCUT2D eigenvalue weighted by Gasteiger charge is 2.05. The van der Waals surface area contributed by atoms with Crippen molar-refractivity contribution >= 4 is 0 Å². The van der Waals surface area contributed by atoms with Crippen molar-refractivity contribution in [2.24, 2.45) is 0 Å². The molecule has 1 heterocycles. The normalized spacial score (nSPS) is 10.9. The Kier molecular flexibility index (Phi) is 3.77. The van der Waals surface area contributed by atoms with Gasteiger partial charge >= 0.3 is 0 Å². The molecule has 0 atom stereocenters. The van der Waals surface area contributed by atoms with Crippen LogP contribution >= 0.6 is 0 Å². The molecule has 96 valence electrons. The molecule has 0 fully saturated rings. The third-order valence-corrected chi connectivity index (χ3v) is 2.91. The number of benzene rings is 1. The van der Waals surface area contributed by atoms with E-state index in [0.29, 0.717) is 11.1 Å². The maximum absolute atomic E-state index is 13.5. The maximum Gasteiger partial charge on any atom is 0.129 e. The van der Waals surface area contributed by atoms with E-state index in [1.165, 1.54) is 0 Å². The lowest BCUT2D eigenvalue weighted by atomic mass is 10.1. The van der Waals surface area contributed by atoms with Crippen LogP contribution in [0, 0.1) is 19.7 Å². The van der Waals surface area contributed by atoms with Gasteiger partial charge in [0, 0.05) is 19.3 Å². The van der Waals surface area contributed by atoms with Crippen LogP contribution in [0.1, 0.15) is 22.4 Å². The molecule has 0 bridgehead atoms. The summed E-state index contributed by atoms with van der Waals surface area (Å²) in [5.41, 5.74) is 3.49. The molecule has 0 unspecified atom stereocenters. The Hall–Kier alpha value is -1.68. The molecular weight excluding hydrogens is 229 g/mol. The molecule has 0 saturated carbocycles. The van der Waals surface area contributed by atoms with Crippen LogP contribution in [0.15, 0.2) is 24.7 Å². The van der Waals surface area contributed by atoms with Crippen molar-refractivity contribution in [2.45, 2.75) is 26.9 Å². The van der Waals surface area contributed by atoms with Crippen LogP contribution in [-0.4, -0.2) is 16.6 Å². The van der Waals surface area contributed by atoms with Gasteiger partial charge in [-0.05, 0) is 37.6 Å². The van der Waals surface area contributed by atoms with E-state index in [9.17, 15) is 4.39 Å². The predicted octanol–water partition coefficient (Wildman–Crippen LogP) is 2.41. The molecule has 1 N–H and O–H groups in total. The Balaban J connectivity index is 2.17. The number of imidazole rings is 1. The highest BCUT2D eigenvalue weighted by Crippen LogP contribution is 2.15. The number of hydrogen-bond acceptors (Lipinski definition) is 2. The van der Waals surface area contributed by atoms with Gasteiger partial charge < -0.3 is 9.88 Å². The molecule has 0 aliphatic rings.